The average Bonchev–Trinajstić information content (AvgIpc) is 3.21. The molecule has 2 amide bonds. The molecule has 2 aliphatic rings. The van der Waals surface area contributed by atoms with E-state index < -0.39 is 22.9 Å². The lowest BCUT2D eigenvalue weighted by molar-refractivity contribution is -0.143. The molecular weight excluding hydrogens is 506 g/mol. The fraction of sp³-hybridized carbons (Fsp3) is 0.406. The van der Waals surface area contributed by atoms with Crippen LogP contribution in [0.3, 0.4) is 0 Å². The van der Waals surface area contributed by atoms with Crippen LogP contribution in [0.2, 0.25) is 0 Å². The molecule has 0 radical (unpaired) electrons. The smallest absolute Gasteiger partial charge is 0.411 e. The van der Waals surface area contributed by atoms with Crippen molar-refractivity contribution in [3.8, 4) is 11.1 Å². The predicted molar refractivity (Wildman–Crippen MR) is 151 cm³/mol. The SMILES string of the molecule is C[C@@H](c1ccc(-c2ccc(C3(O)CCN(C)C3=O)nc2)cc1)N1CC[C@](CC(C)(C)O)(c2ccccc2)OC1=O. The van der Waals surface area contributed by atoms with Crippen molar-refractivity contribution in [3.63, 3.8) is 0 Å². The van der Waals surface area contributed by atoms with E-state index in [2.05, 4.69) is 4.98 Å². The third-order valence-electron chi connectivity index (χ3n) is 8.18. The molecule has 3 aromatic rings. The first kappa shape index (κ1) is 27.8. The van der Waals surface area contributed by atoms with Crippen molar-refractivity contribution < 1.29 is 24.5 Å². The van der Waals surface area contributed by atoms with Crippen molar-refractivity contribution >= 4 is 12.0 Å². The molecule has 2 fully saturated rings. The summed E-state index contributed by atoms with van der Waals surface area (Å²) in [7, 11) is 1.68. The minimum absolute atomic E-state index is 0.211. The van der Waals surface area contributed by atoms with E-state index >= 15 is 0 Å². The first-order valence-corrected chi connectivity index (χ1v) is 13.7. The number of amides is 2. The number of pyridine rings is 1. The molecule has 0 spiro atoms. The molecule has 2 N–H and O–H groups in total. The van der Waals surface area contributed by atoms with Crippen LogP contribution in [0.4, 0.5) is 4.79 Å². The predicted octanol–water partition coefficient (Wildman–Crippen LogP) is 4.76. The molecule has 1 aromatic heterocycles. The van der Waals surface area contributed by atoms with E-state index in [1.54, 1.807) is 38.1 Å². The van der Waals surface area contributed by atoms with Gasteiger partial charge in [0, 0.05) is 51.2 Å². The topological polar surface area (TPSA) is 103 Å². The number of likely N-dealkylation sites (tertiary alicyclic amines) is 1. The van der Waals surface area contributed by atoms with Crippen LogP contribution in [0.5, 0.6) is 0 Å². The van der Waals surface area contributed by atoms with Gasteiger partial charge in [-0.15, -0.1) is 0 Å². The molecule has 5 rings (SSSR count). The number of nitrogens with zero attached hydrogens (tertiary/aromatic N) is 3. The second-order valence-corrected chi connectivity index (χ2v) is 11.7. The normalized spacial score (nSPS) is 24.2. The second kappa shape index (κ2) is 10.3. The molecule has 40 heavy (non-hydrogen) atoms. The van der Waals surface area contributed by atoms with Gasteiger partial charge in [-0.3, -0.25) is 9.78 Å². The molecule has 2 aromatic carbocycles. The lowest BCUT2D eigenvalue weighted by Crippen LogP contribution is -2.51. The van der Waals surface area contributed by atoms with E-state index in [4.69, 9.17) is 4.74 Å². The molecule has 0 saturated carbocycles. The lowest BCUT2D eigenvalue weighted by atomic mass is 9.80. The van der Waals surface area contributed by atoms with Gasteiger partial charge < -0.3 is 24.7 Å². The van der Waals surface area contributed by atoms with Crippen molar-refractivity contribution in [2.24, 2.45) is 0 Å². The van der Waals surface area contributed by atoms with E-state index in [0.717, 1.165) is 22.3 Å². The van der Waals surface area contributed by atoms with E-state index in [-0.39, 0.29) is 11.9 Å². The lowest BCUT2D eigenvalue weighted by Gasteiger charge is -2.45. The maximum absolute atomic E-state index is 13.3. The number of likely N-dealkylation sites (N-methyl/N-ethyl adjacent to an activating group) is 1. The van der Waals surface area contributed by atoms with Crippen LogP contribution >= 0.6 is 0 Å². The number of carbonyl (C=O) groups is 2. The van der Waals surface area contributed by atoms with Gasteiger partial charge in [0.1, 0.15) is 5.60 Å². The Hall–Kier alpha value is -3.75. The molecule has 8 nitrogen and oxygen atoms in total. The summed E-state index contributed by atoms with van der Waals surface area (Å²) in [5.74, 6) is -0.330. The summed E-state index contributed by atoms with van der Waals surface area (Å²) >= 11 is 0. The Morgan fingerprint density at radius 1 is 0.975 bits per heavy atom. The molecule has 8 heteroatoms. The summed E-state index contributed by atoms with van der Waals surface area (Å²) in [6.07, 6.45) is 2.47. The van der Waals surface area contributed by atoms with E-state index in [1.807, 2.05) is 67.6 Å². The zero-order chi connectivity index (χ0) is 28.7. The highest BCUT2D eigenvalue weighted by molar-refractivity contribution is 5.87. The summed E-state index contributed by atoms with van der Waals surface area (Å²) in [5.41, 5.74) is 0.548. The van der Waals surface area contributed by atoms with Crippen LogP contribution < -0.4 is 0 Å². The molecule has 0 bridgehead atoms. The van der Waals surface area contributed by atoms with Gasteiger partial charge in [0.25, 0.3) is 5.91 Å². The van der Waals surface area contributed by atoms with Gasteiger partial charge in [0.05, 0.1) is 17.3 Å². The number of hydrogen-bond donors (Lipinski definition) is 2. The first-order valence-electron chi connectivity index (χ1n) is 13.7. The van der Waals surface area contributed by atoms with Crippen LogP contribution in [0.1, 0.15) is 62.9 Å². The van der Waals surface area contributed by atoms with Crippen LogP contribution in [0, 0.1) is 0 Å². The Bertz CT molecular complexity index is 1370. The standard InChI is InChI=1S/C32H37N3O5/c1-22(35-19-16-31(40-29(35)37,21-30(2,3)38)26-8-6-5-7-9-26)23-10-12-24(13-11-23)25-14-15-27(33-20-25)32(39)17-18-34(4)28(32)36/h5-15,20,22,38-39H,16-19,21H2,1-4H3/t22-,31-,32?/m0/s1. The number of ether oxygens (including phenoxy) is 1. The summed E-state index contributed by atoms with van der Waals surface area (Å²) in [4.78, 5) is 33.4. The maximum atomic E-state index is 13.3. The van der Waals surface area contributed by atoms with Gasteiger partial charge in [-0.05, 0) is 43.5 Å². The van der Waals surface area contributed by atoms with E-state index in [0.29, 0.717) is 38.0 Å². The zero-order valence-electron chi connectivity index (χ0n) is 23.5. The highest BCUT2D eigenvalue weighted by atomic mass is 16.6. The number of rotatable bonds is 7. The molecule has 2 aliphatic heterocycles. The van der Waals surface area contributed by atoms with Crippen molar-refractivity contribution in [3.05, 3.63) is 89.7 Å². The number of aliphatic hydroxyl groups is 2. The average molecular weight is 544 g/mol. The third kappa shape index (κ3) is 5.21. The molecule has 2 saturated heterocycles. The monoisotopic (exact) mass is 543 g/mol. The third-order valence-corrected chi connectivity index (χ3v) is 8.18. The number of cyclic esters (lactones) is 1. The van der Waals surface area contributed by atoms with Crippen LogP contribution in [-0.4, -0.2) is 62.7 Å². The van der Waals surface area contributed by atoms with Gasteiger partial charge in [-0.25, -0.2) is 4.79 Å². The van der Waals surface area contributed by atoms with Crippen molar-refractivity contribution in [2.75, 3.05) is 20.1 Å². The largest absolute Gasteiger partial charge is 0.438 e. The van der Waals surface area contributed by atoms with Gasteiger partial charge >= 0.3 is 6.09 Å². The van der Waals surface area contributed by atoms with Crippen molar-refractivity contribution in [1.29, 1.82) is 0 Å². The van der Waals surface area contributed by atoms with Crippen LogP contribution in [-0.2, 0) is 20.7 Å². The van der Waals surface area contributed by atoms with Gasteiger partial charge in [0.15, 0.2) is 5.60 Å². The fourth-order valence-electron chi connectivity index (χ4n) is 5.93. The van der Waals surface area contributed by atoms with Crippen molar-refractivity contribution in [1.82, 2.24) is 14.8 Å². The number of aromatic nitrogens is 1. The number of carbonyl (C=O) groups excluding carboxylic acids is 2. The highest BCUT2D eigenvalue weighted by Crippen LogP contribution is 2.42. The molecule has 1 unspecified atom stereocenters. The minimum atomic E-state index is -1.57. The Kier molecular flexibility index (Phi) is 7.18. The summed E-state index contributed by atoms with van der Waals surface area (Å²) in [6.45, 7) is 6.44. The maximum Gasteiger partial charge on any atom is 0.411 e. The zero-order valence-corrected chi connectivity index (χ0v) is 23.5. The van der Waals surface area contributed by atoms with Gasteiger partial charge in [-0.2, -0.15) is 0 Å². The second-order valence-electron chi connectivity index (χ2n) is 11.7. The van der Waals surface area contributed by atoms with E-state index in [9.17, 15) is 19.8 Å². The Morgan fingerprint density at radius 2 is 1.65 bits per heavy atom. The summed E-state index contributed by atoms with van der Waals surface area (Å²) in [5, 5.41) is 21.5. The molecule has 0 aliphatic carbocycles. The molecular formula is C32H37N3O5. The minimum Gasteiger partial charge on any atom is -0.438 e. The van der Waals surface area contributed by atoms with Crippen molar-refractivity contribution in [2.45, 2.75) is 62.9 Å². The fourth-order valence-corrected chi connectivity index (χ4v) is 5.93. The molecule has 3 atom stereocenters. The summed E-state index contributed by atoms with van der Waals surface area (Å²) in [6, 6.07) is 20.9. The van der Waals surface area contributed by atoms with Gasteiger partial charge in [-0.1, -0.05) is 60.7 Å². The van der Waals surface area contributed by atoms with Crippen LogP contribution in [0.15, 0.2) is 72.9 Å². The Morgan fingerprint density at radius 3 is 2.20 bits per heavy atom. The highest BCUT2D eigenvalue weighted by Gasteiger charge is 2.47. The quantitative estimate of drug-likeness (QED) is 0.446. The van der Waals surface area contributed by atoms with Crippen LogP contribution in [0.25, 0.3) is 11.1 Å². The molecule has 210 valence electrons. The number of benzene rings is 2. The molecule has 3 heterocycles. The van der Waals surface area contributed by atoms with E-state index in [1.165, 1.54) is 4.90 Å². The summed E-state index contributed by atoms with van der Waals surface area (Å²) < 4.78 is 6.13. The first-order chi connectivity index (χ1) is 18.9. The number of hydrogen-bond acceptors (Lipinski definition) is 6. The Balaban J connectivity index is 1.30. The Labute approximate surface area is 235 Å². The van der Waals surface area contributed by atoms with Gasteiger partial charge in [0.2, 0.25) is 0 Å².